The average molecular weight is 532 g/mol. The fourth-order valence-electron chi connectivity index (χ4n) is 4.14. The normalized spacial score (nSPS) is 14.4. The molecule has 204 valence electrons. The van der Waals surface area contributed by atoms with Crippen LogP contribution in [0.15, 0.2) is 48.5 Å². The van der Waals surface area contributed by atoms with Crippen LogP contribution >= 0.6 is 0 Å². The number of hydrogen-bond acceptors (Lipinski definition) is 6. The van der Waals surface area contributed by atoms with E-state index < -0.39 is 23.8 Å². The maximum absolute atomic E-state index is 14.1. The highest BCUT2D eigenvalue weighted by molar-refractivity contribution is 5.95. The molecule has 0 unspecified atom stereocenters. The predicted molar refractivity (Wildman–Crippen MR) is 141 cm³/mol. The van der Waals surface area contributed by atoms with E-state index in [4.69, 9.17) is 26.0 Å². The number of carbonyl (C=O) groups excluding carboxylic acids is 1. The zero-order valence-electron chi connectivity index (χ0n) is 21.3. The molecule has 0 amide bonds. The number of methoxy groups -OCH3 is 1. The summed E-state index contributed by atoms with van der Waals surface area (Å²) in [6, 6.07) is 10.7. The summed E-state index contributed by atoms with van der Waals surface area (Å²) >= 11 is 0. The van der Waals surface area contributed by atoms with E-state index in [2.05, 4.69) is 0 Å². The van der Waals surface area contributed by atoms with Gasteiger partial charge in [-0.3, -0.25) is 15.6 Å². The highest BCUT2D eigenvalue weighted by Gasteiger charge is 2.36. The van der Waals surface area contributed by atoms with E-state index in [0.29, 0.717) is 37.3 Å². The molecule has 0 radical (unpaired) electrons. The predicted octanol–water partition coefficient (Wildman–Crippen LogP) is 4.52. The number of likely N-dealkylation sites (tertiary alicyclic amines) is 1. The van der Waals surface area contributed by atoms with Gasteiger partial charge in [0.05, 0.1) is 18.5 Å². The number of benzene rings is 2. The summed E-state index contributed by atoms with van der Waals surface area (Å²) in [5, 5.41) is 15.3. The number of nitrogens with two attached hydrogens (primary N) is 1. The van der Waals surface area contributed by atoms with Gasteiger partial charge in [-0.2, -0.15) is 13.2 Å². The molecule has 8 nitrogen and oxygen atoms in total. The molecule has 0 bridgehead atoms. The number of piperidine rings is 1. The Morgan fingerprint density at radius 3 is 2.50 bits per heavy atom. The lowest BCUT2D eigenvalue weighted by molar-refractivity contribution is -0.139. The van der Waals surface area contributed by atoms with Gasteiger partial charge in [-0.1, -0.05) is 30.4 Å². The fourth-order valence-corrected chi connectivity index (χ4v) is 4.14. The lowest BCUT2D eigenvalue weighted by atomic mass is 10.1. The molecule has 1 fully saturated rings. The summed E-state index contributed by atoms with van der Waals surface area (Å²) < 4.78 is 52.7. The van der Waals surface area contributed by atoms with Crippen LogP contribution in [0.25, 0.3) is 6.08 Å². The number of halogens is 3. The van der Waals surface area contributed by atoms with Gasteiger partial charge in [-0.25, -0.2) is 0 Å². The molecule has 0 spiro atoms. The molecule has 0 aliphatic carbocycles. The number of carbonyl (C=O) groups is 1. The number of alkyl halides is 3. The second-order valence-electron chi connectivity index (χ2n) is 8.97. The highest BCUT2D eigenvalue weighted by atomic mass is 19.4. The van der Waals surface area contributed by atoms with Crippen LogP contribution in [-0.2, 0) is 15.7 Å². The molecule has 0 atom stereocenters. The highest BCUT2D eigenvalue weighted by Crippen LogP contribution is 2.39. The third kappa shape index (κ3) is 7.74. The Hall–Kier alpha value is -4.02. The van der Waals surface area contributed by atoms with Gasteiger partial charge in [0.25, 0.3) is 0 Å². The molecule has 0 saturated carbocycles. The van der Waals surface area contributed by atoms with Gasteiger partial charge in [-0.15, -0.1) is 0 Å². The number of nitrogens with zero attached hydrogens (tertiary/aromatic N) is 2. The number of anilines is 1. The Bertz CT molecular complexity index is 1190. The maximum atomic E-state index is 14.1. The molecule has 0 aromatic heterocycles. The molecule has 4 N–H and O–H groups in total. The fraction of sp³-hybridized carbons (Fsp3) is 0.370. The number of esters is 1. The first-order valence-corrected chi connectivity index (χ1v) is 12.1. The van der Waals surface area contributed by atoms with Crippen molar-refractivity contribution < 1.29 is 27.4 Å². The van der Waals surface area contributed by atoms with E-state index in [1.54, 1.807) is 43.3 Å². The van der Waals surface area contributed by atoms with Crippen molar-refractivity contribution in [2.45, 2.75) is 32.0 Å². The molecule has 1 aliphatic rings. The smallest absolute Gasteiger partial charge is 0.420 e. The Morgan fingerprint density at radius 1 is 1.18 bits per heavy atom. The van der Waals surface area contributed by atoms with E-state index in [-0.39, 0.29) is 30.4 Å². The Labute approximate surface area is 219 Å². The van der Waals surface area contributed by atoms with Gasteiger partial charge >= 0.3 is 12.1 Å². The van der Waals surface area contributed by atoms with Crippen LogP contribution in [0.3, 0.4) is 0 Å². The topological polar surface area (TPSA) is 116 Å². The van der Waals surface area contributed by atoms with E-state index in [0.717, 1.165) is 11.6 Å². The van der Waals surface area contributed by atoms with Gasteiger partial charge in [0.1, 0.15) is 24.2 Å². The van der Waals surface area contributed by atoms with Crippen molar-refractivity contribution in [3.63, 3.8) is 0 Å². The molecular weight excluding hydrogens is 499 g/mol. The van der Waals surface area contributed by atoms with Crippen LogP contribution in [0, 0.1) is 10.8 Å². The van der Waals surface area contributed by atoms with Crippen molar-refractivity contribution in [3.05, 3.63) is 65.2 Å². The monoisotopic (exact) mass is 531 g/mol. The third-order valence-corrected chi connectivity index (χ3v) is 6.23. The first-order valence-electron chi connectivity index (χ1n) is 12.1. The molecule has 3 rings (SSSR count). The van der Waals surface area contributed by atoms with E-state index in [1.165, 1.54) is 24.1 Å². The van der Waals surface area contributed by atoms with Crippen molar-refractivity contribution in [2.24, 2.45) is 5.73 Å². The van der Waals surface area contributed by atoms with Crippen LogP contribution in [0.2, 0.25) is 0 Å². The summed E-state index contributed by atoms with van der Waals surface area (Å²) in [6.07, 6.45) is -0.589. The Balaban J connectivity index is 1.83. The number of ether oxygens (including phenoxy) is 2. The molecule has 11 heteroatoms. The lowest BCUT2D eigenvalue weighted by Crippen LogP contribution is -2.40. The summed E-state index contributed by atoms with van der Waals surface area (Å²) in [5.74, 6) is -0.514. The van der Waals surface area contributed by atoms with Crippen LogP contribution in [0.4, 0.5) is 18.9 Å². The van der Waals surface area contributed by atoms with Crippen molar-refractivity contribution in [3.8, 4) is 5.75 Å². The molecule has 38 heavy (non-hydrogen) atoms. The summed E-state index contributed by atoms with van der Waals surface area (Å²) in [5.41, 5.74) is 6.09. The summed E-state index contributed by atoms with van der Waals surface area (Å²) in [4.78, 5) is 15.4. The largest absolute Gasteiger partial charge is 0.490 e. The minimum atomic E-state index is -4.67. The third-order valence-electron chi connectivity index (χ3n) is 6.23. The zero-order chi connectivity index (χ0) is 27.9. The molecule has 1 heterocycles. The van der Waals surface area contributed by atoms with Crippen LogP contribution in [-0.4, -0.2) is 61.9 Å². The van der Waals surface area contributed by atoms with E-state index >= 15 is 0 Å². The van der Waals surface area contributed by atoms with Gasteiger partial charge in [0.2, 0.25) is 0 Å². The number of nitrogen functional groups attached to an aromatic ring is 1. The molecule has 2 aromatic rings. The van der Waals surface area contributed by atoms with Crippen molar-refractivity contribution in [1.82, 2.24) is 4.90 Å². The van der Waals surface area contributed by atoms with Crippen molar-refractivity contribution in [2.75, 3.05) is 38.2 Å². The number of hydrogen-bond donors (Lipinski definition) is 3. The van der Waals surface area contributed by atoms with Gasteiger partial charge in [0, 0.05) is 43.7 Å². The SMILES string of the molecule is COC(=O)CN(CC=Cc1cccc(C(=N)N)c1)c1ccc(OC2CCN(C(C)=N)CC2)c(C(F)(F)F)c1. The summed E-state index contributed by atoms with van der Waals surface area (Å²) in [7, 11) is 1.22. The minimum Gasteiger partial charge on any atom is -0.490 e. The van der Waals surface area contributed by atoms with Gasteiger partial charge in [0.15, 0.2) is 0 Å². The number of amidine groups is 2. The van der Waals surface area contributed by atoms with E-state index in [9.17, 15) is 18.0 Å². The molecule has 1 saturated heterocycles. The number of rotatable bonds is 9. The summed E-state index contributed by atoms with van der Waals surface area (Å²) in [6.45, 7) is 2.65. The van der Waals surface area contributed by atoms with E-state index in [1.807, 2.05) is 4.90 Å². The standard InChI is InChI=1S/C27H32F3N5O3/c1-18(31)34-13-10-22(11-14-34)38-24-9-8-21(16-23(24)27(28,29)30)35(17-25(36)37-2)12-4-6-19-5-3-7-20(15-19)26(32)33/h3-9,15-16,22,31H,10-14,17H2,1-2H3,(H3,32,33). The lowest BCUT2D eigenvalue weighted by Gasteiger charge is -2.33. The maximum Gasteiger partial charge on any atom is 0.420 e. The van der Waals surface area contributed by atoms with Gasteiger partial charge in [-0.05, 0) is 36.8 Å². The van der Waals surface area contributed by atoms with Crippen molar-refractivity contribution >= 4 is 29.4 Å². The number of nitrogens with one attached hydrogen (secondary N) is 2. The minimum absolute atomic E-state index is 0.0788. The first kappa shape index (κ1) is 28.5. The van der Waals surface area contributed by atoms with Crippen LogP contribution in [0.1, 0.15) is 36.5 Å². The van der Waals surface area contributed by atoms with Crippen molar-refractivity contribution in [1.29, 1.82) is 10.8 Å². The van der Waals surface area contributed by atoms with Gasteiger partial charge < -0.3 is 25.0 Å². The second-order valence-corrected chi connectivity index (χ2v) is 8.97. The zero-order valence-corrected chi connectivity index (χ0v) is 21.3. The molecule has 1 aliphatic heterocycles. The van der Waals surface area contributed by atoms with Crippen LogP contribution in [0.5, 0.6) is 5.75 Å². The first-order chi connectivity index (χ1) is 18.0. The van der Waals surface area contributed by atoms with Crippen LogP contribution < -0.4 is 15.4 Å². The molecule has 2 aromatic carbocycles. The quantitative estimate of drug-likeness (QED) is 0.249. The average Bonchev–Trinajstić information content (AvgIpc) is 2.88. The molecular formula is C27H32F3N5O3. The Morgan fingerprint density at radius 2 is 1.89 bits per heavy atom. The Kier molecular flexibility index (Phi) is 9.38. The second kappa shape index (κ2) is 12.5.